The molecule has 0 saturated carbocycles. The van der Waals surface area contributed by atoms with Crippen LogP contribution >= 0.6 is 0 Å². The molecule has 1 aromatic carbocycles. The van der Waals surface area contributed by atoms with Crippen molar-refractivity contribution in [1.29, 1.82) is 0 Å². The number of carbonyl (C=O) groups is 2. The van der Waals surface area contributed by atoms with Gasteiger partial charge in [0, 0.05) is 18.7 Å². The summed E-state index contributed by atoms with van der Waals surface area (Å²) in [6, 6.07) is 3.33. The molecule has 1 saturated heterocycles. The van der Waals surface area contributed by atoms with Crippen LogP contribution in [0.5, 0.6) is 0 Å². The number of aryl methyl sites for hydroxylation is 1. The molecule has 1 aliphatic heterocycles. The highest BCUT2D eigenvalue weighted by molar-refractivity contribution is 7.89. The van der Waals surface area contributed by atoms with Crippen LogP contribution in [0, 0.1) is 12.8 Å². The number of benzene rings is 1. The van der Waals surface area contributed by atoms with Gasteiger partial charge in [-0.05, 0) is 37.0 Å². The summed E-state index contributed by atoms with van der Waals surface area (Å²) in [5.74, 6) is -1.64. The molecular weight excluding hydrogens is 372 g/mol. The molecule has 0 aliphatic carbocycles. The van der Waals surface area contributed by atoms with Gasteiger partial charge >= 0.3 is 5.97 Å². The van der Waals surface area contributed by atoms with E-state index < -0.39 is 27.9 Å². The van der Waals surface area contributed by atoms with E-state index in [9.17, 15) is 23.1 Å². The van der Waals surface area contributed by atoms with Crippen molar-refractivity contribution in [3.05, 3.63) is 29.3 Å². The van der Waals surface area contributed by atoms with Crippen LogP contribution in [-0.2, 0) is 19.6 Å². The van der Waals surface area contributed by atoms with Crippen LogP contribution in [-0.4, -0.2) is 62.1 Å². The summed E-state index contributed by atoms with van der Waals surface area (Å²) < 4.78 is 32.3. The van der Waals surface area contributed by atoms with Crippen molar-refractivity contribution in [2.75, 3.05) is 26.3 Å². The van der Waals surface area contributed by atoms with E-state index in [0.29, 0.717) is 18.8 Å². The van der Waals surface area contributed by atoms with Crippen LogP contribution in [0.25, 0.3) is 0 Å². The molecule has 0 radical (unpaired) electrons. The first-order valence-electron chi connectivity index (χ1n) is 8.85. The molecule has 1 aromatic rings. The summed E-state index contributed by atoms with van der Waals surface area (Å²) in [6.45, 7) is 6.55. The Hall–Kier alpha value is -1.97. The van der Waals surface area contributed by atoms with Crippen LogP contribution in [0.4, 0.5) is 0 Å². The number of hydrogen-bond acceptors (Lipinski definition) is 5. The van der Waals surface area contributed by atoms with Crippen LogP contribution < -0.4 is 5.32 Å². The highest BCUT2D eigenvalue weighted by Gasteiger charge is 2.29. The lowest BCUT2D eigenvalue weighted by atomic mass is 10.0. The number of amides is 1. The maximum absolute atomic E-state index is 12.9. The number of rotatable bonds is 7. The maximum Gasteiger partial charge on any atom is 0.326 e. The molecule has 1 aliphatic rings. The number of nitrogens with zero attached hydrogens (tertiary/aromatic N) is 1. The number of hydrogen-bond donors (Lipinski definition) is 2. The van der Waals surface area contributed by atoms with Gasteiger partial charge in [0.1, 0.15) is 6.04 Å². The van der Waals surface area contributed by atoms with Crippen LogP contribution in [0.3, 0.4) is 0 Å². The van der Waals surface area contributed by atoms with Gasteiger partial charge in [-0.25, -0.2) is 13.2 Å². The normalized spacial score (nSPS) is 16.9. The first kappa shape index (κ1) is 21.3. The second-order valence-corrected chi connectivity index (χ2v) is 8.90. The molecule has 1 atom stereocenters. The number of nitrogens with one attached hydrogen (secondary N) is 1. The minimum Gasteiger partial charge on any atom is -0.480 e. The van der Waals surface area contributed by atoms with Crippen molar-refractivity contribution in [1.82, 2.24) is 9.62 Å². The minimum absolute atomic E-state index is 0.0489. The molecule has 1 amide bonds. The van der Waals surface area contributed by atoms with Gasteiger partial charge in [0.2, 0.25) is 10.0 Å². The van der Waals surface area contributed by atoms with Gasteiger partial charge in [-0.2, -0.15) is 4.31 Å². The third-order valence-electron chi connectivity index (χ3n) is 4.35. The van der Waals surface area contributed by atoms with Crippen LogP contribution in [0.2, 0.25) is 0 Å². The molecule has 2 N–H and O–H groups in total. The van der Waals surface area contributed by atoms with Crippen molar-refractivity contribution in [3.63, 3.8) is 0 Å². The van der Waals surface area contributed by atoms with Crippen LogP contribution in [0.1, 0.15) is 36.2 Å². The molecule has 9 heteroatoms. The van der Waals surface area contributed by atoms with Gasteiger partial charge in [0.25, 0.3) is 5.91 Å². The molecule has 0 unspecified atom stereocenters. The fraction of sp³-hybridized carbons (Fsp3) is 0.556. The third kappa shape index (κ3) is 5.27. The number of carboxylic acid groups (broad SMARTS) is 1. The monoisotopic (exact) mass is 398 g/mol. The van der Waals surface area contributed by atoms with E-state index in [2.05, 4.69) is 5.32 Å². The Labute approximate surface area is 159 Å². The minimum atomic E-state index is -3.76. The smallest absolute Gasteiger partial charge is 0.326 e. The van der Waals surface area contributed by atoms with Gasteiger partial charge in [0.05, 0.1) is 18.1 Å². The summed E-state index contributed by atoms with van der Waals surface area (Å²) in [4.78, 5) is 23.9. The van der Waals surface area contributed by atoms with Gasteiger partial charge < -0.3 is 15.2 Å². The highest BCUT2D eigenvalue weighted by atomic mass is 32.2. The zero-order chi connectivity index (χ0) is 20.2. The lowest BCUT2D eigenvalue weighted by molar-refractivity contribution is -0.139. The summed E-state index contributed by atoms with van der Waals surface area (Å²) in [6.07, 6.45) is 0.284. The summed E-state index contributed by atoms with van der Waals surface area (Å²) >= 11 is 0. The van der Waals surface area contributed by atoms with Gasteiger partial charge in [-0.15, -0.1) is 0 Å². The molecule has 150 valence electrons. The number of carbonyl (C=O) groups excluding carboxylic acids is 1. The van der Waals surface area contributed by atoms with Gasteiger partial charge in [0.15, 0.2) is 0 Å². The number of ether oxygens (including phenoxy) is 1. The number of sulfonamides is 1. The van der Waals surface area contributed by atoms with E-state index in [1.54, 1.807) is 13.0 Å². The highest BCUT2D eigenvalue weighted by Crippen LogP contribution is 2.22. The zero-order valence-electron chi connectivity index (χ0n) is 15.8. The van der Waals surface area contributed by atoms with Crippen LogP contribution in [0.15, 0.2) is 23.1 Å². The molecule has 1 heterocycles. The Morgan fingerprint density at radius 3 is 2.44 bits per heavy atom. The maximum atomic E-state index is 12.9. The van der Waals surface area contributed by atoms with E-state index in [-0.39, 0.29) is 35.9 Å². The van der Waals surface area contributed by atoms with E-state index in [4.69, 9.17) is 4.74 Å². The topological polar surface area (TPSA) is 113 Å². The van der Waals surface area contributed by atoms with Crippen molar-refractivity contribution in [3.8, 4) is 0 Å². The zero-order valence-corrected chi connectivity index (χ0v) is 16.6. The lowest BCUT2D eigenvalue weighted by Gasteiger charge is -2.27. The van der Waals surface area contributed by atoms with Gasteiger partial charge in [-0.1, -0.05) is 19.9 Å². The molecule has 27 heavy (non-hydrogen) atoms. The lowest BCUT2D eigenvalue weighted by Crippen LogP contribution is -2.42. The average Bonchev–Trinajstić information content (AvgIpc) is 2.61. The predicted molar refractivity (Wildman–Crippen MR) is 99.1 cm³/mol. The fourth-order valence-electron chi connectivity index (χ4n) is 2.88. The molecule has 0 aromatic heterocycles. The quantitative estimate of drug-likeness (QED) is 0.715. The Morgan fingerprint density at radius 1 is 1.26 bits per heavy atom. The Balaban J connectivity index is 2.28. The fourth-order valence-corrected chi connectivity index (χ4v) is 4.54. The van der Waals surface area contributed by atoms with Crippen molar-refractivity contribution < 1.29 is 27.9 Å². The Kier molecular flexibility index (Phi) is 6.96. The standard InChI is InChI=1S/C18H26N2O6S/c1-12(2)10-15(18(22)23)19-17(21)14-5-4-13(3)16(11-14)27(24,25)20-6-8-26-9-7-20/h4-5,11-12,15H,6-10H2,1-3H3,(H,19,21)(H,22,23)/t15-/m1/s1. The molecule has 0 bridgehead atoms. The number of aliphatic carboxylic acids is 1. The van der Waals surface area contributed by atoms with Crippen molar-refractivity contribution >= 4 is 21.9 Å². The second kappa shape index (κ2) is 8.81. The molecule has 0 spiro atoms. The number of carboxylic acids is 1. The molecule has 2 rings (SSSR count). The van der Waals surface area contributed by atoms with E-state index in [1.165, 1.54) is 16.4 Å². The summed E-state index contributed by atoms with van der Waals surface area (Å²) in [5, 5.41) is 11.8. The summed E-state index contributed by atoms with van der Waals surface area (Å²) in [5.41, 5.74) is 0.637. The average molecular weight is 398 g/mol. The second-order valence-electron chi connectivity index (χ2n) is 6.99. The first-order valence-corrected chi connectivity index (χ1v) is 10.3. The SMILES string of the molecule is Cc1ccc(C(=O)N[C@H](CC(C)C)C(=O)O)cc1S(=O)(=O)N1CCOCC1. The van der Waals surface area contributed by atoms with E-state index in [1.807, 2.05) is 13.8 Å². The summed E-state index contributed by atoms with van der Waals surface area (Å²) in [7, 11) is -3.76. The predicted octanol–water partition coefficient (Wildman–Crippen LogP) is 1.25. The van der Waals surface area contributed by atoms with Crippen molar-refractivity contribution in [2.24, 2.45) is 5.92 Å². The Morgan fingerprint density at radius 2 is 1.89 bits per heavy atom. The first-order chi connectivity index (χ1) is 12.6. The van der Waals surface area contributed by atoms with E-state index >= 15 is 0 Å². The molecular formula is C18H26N2O6S. The Bertz CT molecular complexity index is 800. The van der Waals surface area contributed by atoms with Crippen molar-refractivity contribution in [2.45, 2.75) is 38.1 Å². The van der Waals surface area contributed by atoms with Gasteiger partial charge in [-0.3, -0.25) is 4.79 Å². The van der Waals surface area contributed by atoms with E-state index in [0.717, 1.165) is 0 Å². The molecule has 1 fully saturated rings. The molecule has 8 nitrogen and oxygen atoms in total. The largest absolute Gasteiger partial charge is 0.480 e. The third-order valence-corrected chi connectivity index (χ3v) is 6.39. The number of morpholine rings is 1.